The molecule has 0 aromatic heterocycles. The second kappa shape index (κ2) is 2.78. The first-order chi connectivity index (χ1) is 4.72. The van der Waals surface area contributed by atoms with Crippen LogP contribution >= 0.6 is 0 Å². The van der Waals surface area contributed by atoms with Gasteiger partial charge in [0.1, 0.15) is 11.6 Å². The summed E-state index contributed by atoms with van der Waals surface area (Å²) in [6, 6.07) is 0. The summed E-state index contributed by atoms with van der Waals surface area (Å²) in [5, 5.41) is 0. The average Bonchev–Trinajstić information content (AvgIpc) is 1.88. The lowest BCUT2D eigenvalue weighted by Gasteiger charge is -2.10. The Morgan fingerprint density at radius 2 is 2.40 bits per heavy atom. The molecule has 2 heteroatoms. The van der Waals surface area contributed by atoms with Crippen LogP contribution in [-0.2, 0) is 9.59 Å². The fourth-order valence-electron chi connectivity index (χ4n) is 1.08. The molecule has 0 N–H and O–H groups in total. The molecule has 0 spiro atoms. The number of rotatable bonds is 1. The molecule has 0 aliphatic heterocycles. The molecule has 1 rings (SSSR count). The summed E-state index contributed by atoms with van der Waals surface area (Å²) in [6.07, 6.45) is 4.92. The Balaban J connectivity index is 2.73. The molecule has 0 aromatic carbocycles. The van der Waals surface area contributed by atoms with Crippen LogP contribution in [0.1, 0.15) is 19.8 Å². The zero-order chi connectivity index (χ0) is 7.56. The maximum atomic E-state index is 11.0. The number of carbonyl (C=O) groups is 2. The van der Waals surface area contributed by atoms with Crippen molar-refractivity contribution >= 4 is 11.6 Å². The third kappa shape index (κ3) is 1.32. The predicted octanol–water partition coefficient (Wildman–Crippen LogP) is 1.11. The van der Waals surface area contributed by atoms with Crippen molar-refractivity contribution in [3.8, 4) is 0 Å². The summed E-state index contributed by atoms with van der Waals surface area (Å²) >= 11 is 0. The van der Waals surface area contributed by atoms with E-state index in [1.54, 1.807) is 6.08 Å². The lowest BCUT2D eigenvalue weighted by molar-refractivity contribution is -0.129. The maximum absolute atomic E-state index is 11.0. The number of carbonyl (C=O) groups excluding carboxylic acids is 2. The third-order valence-electron chi connectivity index (χ3n) is 1.67. The minimum atomic E-state index is -0.436. The largest absolute Gasteiger partial charge is 0.299 e. The van der Waals surface area contributed by atoms with Crippen molar-refractivity contribution in [2.75, 3.05) is 0 Å². The molecule has 0 amide bonds. The van der Waals surface area contributed by atoms with Crippen LogP contribution in [0.4, 0.5) is 0 Å². The Labute approximate surface area is 59.9 Å². The molecule has 0 bridgehead atoms. The van der Waals surface area contributed by atoms with Gasteiger partial charge in [0, 0.05) is 6.42 Å². The second-order valence-electron chi connectivity index (χ2n) is 2.52. The Hall–Kier alpha value is -0.920. The summed E-state index contributed by atoms with van der Waals surface area (Å²) in [6.45, 7) is 1.46. The van der Waals surface area contributed by atoms with Crippen LogP contribution in [0.2, 0.25) is 0 Å². The van der Waals surface area contributed by atoms with E-state index >= 15 is 0 Å². The number of ketones is 2. The van der Waals surface area contributed by atoms with E-state index in [2.05, 4.69) is 0 Å². The molecule has 1 atom stereocenters. The molecule has 0 heterocycles. The van der Waals surface area contributed by atoms with Crippen LogP contribution in [0.5, 0.6) is 0 Å². The van der Waals surface area contributed by atoms with Crippen LogP contribution in [0.15, 0.2) is 12.2 Å². The van der Waals surface area contributed by atoms with Crippen LogP contribution in [-0.4, -0.2) is 11.6 Å². The van der Waals surface area contributed by atoms with Gasteiger partial charge in [-0.15, -0.1) is 0 Å². The van der Waals surface area contributed by atoms with Crippen molar-refractivity contribution in [1.29, 1.82) is 0 Å². The molecule has 0 radical (unpaired) electrons. The molecule has 1 aliphatic carbocycles. The van der Waals surface area contributed by atoms with Gasteiger partial charge in [-0.3, -0.25) is 9.59 Å². The molecule has 2 nitrogen and oxygen atoms in total. The van der Waals surface area contributed by atoms with Gasteiger partial charge in [0.2, 0.25) is 0 Å². The van der Waals surface area contributed by atoms with E-state index in [0.29, 0.717) is 6.42 Å². The zero-order valence-corrected chi connectivity index (χ0v) is 5.96. The molecule has 0 saturated heterocycles. The van der Waals surface area contributed by atoms with Crippen molar-refractivity contribution < 1.29 is 9.59 Å². The number of hydrogen-bond acceptors (Lipinski definition) is 2. The smallest absolute Gasteiger partial charge is 0.147 e. The van der Waals surface area contributed by atoms with Crippen LogP contribution < -0.4 is 0 Å². The Kier molecular flexibility index (Phi) is 2.00. The van der Waals surface area contributed by atoms with Crippen molar-refractivity contribution in [3.63, 3.8) is 0 Å². The van der Waals surface area contributed by atoms with Gasteiger partial charge in [0.15, 0.2) is 0 Å². The van der Waals surface area contributed by atoms with Crippen LogP contribution in [0.3, 0.4) is 0 Å². The first-order valence-corrected chi connectivity index (χ1v) is 3.41. The van der Waals surface area contributed by atoms with E-state index in [1.807, 2.05) is 6.08 Å². The van der Waals surface area contributed by atoms with Crippen LogP contribution in [0, 0.1) is 5.92 Å². The summed E-state index contributed by atoms with van der Waals surface area (Å²) in [7, 11) is 0. The summed E-state index contributed by atoms with van der Waals surface area (Å²) in [5.41, 5.74) is 0. The molecule has 0 fully saturated rings. The van der Waals surface area contributed by atoms with Gasteiger partial charge in [-0.1, -0.05) is 12.2 Å². The first kappa shape index (κ1) is 7.19. The summed E-state index contributed by atoms with van der Waals surface area (Å²) < 4.78 is 0. The van der Waals surface area contributed by atoms with Crippen molar-refractivity contribution in [1.82, 2.24) is 0 Å². The average molecular weight is 138 g/mol. The van der Waals surface area contributed by atoms with Gasteiger partial charge >= 0.3 is 0 Å². The third-order valence-corrected chi connectivity index (χ3v) is 1.67. The fourth-order valence-corrected chi connectivity index (χ4v) is 1.08. The topological polar surface area (TPSA) is 34.1 Å². The normalized spacial score (nSPS) is 24.9. The highest BCUT2D eigenvalue weighted by molar-refractivity contribution is 6.03. The lowest BCUT2D eigenvalue weighted by atomic mass is 9.92. The molecule has 1 unspecified atom stereocenters. The fraction of sp³-hybridized carbons (Fsp3) is 0.500. The van der Waals surface area contributed by atoms with Gasteiger partial charge in [-0.25, -0.2) is 0 Å². The Bertz CT molecular complexity index is 191. The highest BCUT2D eigenvalue weighted by atomic mass is 16.1. The van der Waals surface area contributed by atoms with E-state index in [4.69, 9.17) is 0 Å². The van der Waals surface area contributed by atoms with Gasteiger partial charge in [0.05, 0.1) is 5.92 Å². The minimum Gasteiger partial charge on any atom is -0.299 e. The van der Waals surface area contributed by atoms with E-state index in [1.165, 1.54) is 6.92 Å². The van der Waals surface area contributed by atoms with Crippen LogP contribution in [0.25, 0.3) is 0 Å². The summed E-state index contributed by atoms with van der Waals surface area (Å²) in [4.78, 5) is 21.7. The molecule has 0 saturated carbocycles. The molecule has 1 aliphatic rings. The SMILES string of the molecule is CC(=O)C1C=CCCC1=O. The predicted molar refractivity (Wildman–Crippen MR) is 37.6 cm³/mol. The van der Waals surface area contributed by atoms with E-state index in [9.17, 15) is 9.59 Å². The van der Waals surface area contributed by atoms with Crippen molar-refractivity contribution in [2.45, 2.75) is 19.8 Å². The second-order valence-corrected chi connectivity index (χ2v) is 2.52. The molecule has 54 valence electrons. The van der Waals surface area contributed by atoms with Gasteiger partial charge < -0.3 is 0 Å². The monoisotopic (exact) mass is 138 g/mol. The molecule has 0 aromatic rings. The van der Waals surface area contributed by atoms with Crippen molar-refractivity contribution in [2.24, 2.45) is 5.92 Å². The highest BCUT2D eigenvalue weighted by Gasteiger charge is 2.21. The summed E-state index contributed by atoms with van der Waals surface area (Å²) in [5.74, 6) is -0.412. The first-order valence-electron chi connectivity index (χ1n) is 3.41. The quantitative estimate of drug-likeness (QED) is 0.402. The van der Waals surface area contributed by atoms with Gasteiger partial charge in [0.25, 0.3) is 0 Å². The molecular weight excluding hydrogens is 128 g/mol. The zero-order valence-electron chi connectivity index (χ0n) is 5.96. The standard InChI is InChI=1S/C8H10O2/c1-6(9)7-4-2-3-5-8(7)10/h2,4,7H,3,5H2,1H3. The maximum Gasteiger partial charge on any atom is 0.147 e. The minimum absolute atomic E-state index is 0.0408. The Morgan fingerprint density at radius 1 is 1.70 bits per heavy atom. The Morgan fingerprint density at radius 3 is 2.80 bits per heavy atom. The number of hydrogen-bond donors (Lipinski definition) is 0. The van der Waals surface area contributed by atoms with E-state index in [0.717, 1.165) is 6.42 Å². The number of Topliss-reactive ketones (excluding diaryl/α,β-unsaturated/α-hetero) is 2. The van der Waals surface area contributed by atoms with Gasteiger partial charge in [-0.05, 0) is 13.3 Å². The van der Waals surface area contributed by atoms with Gasteiger partial charge in [-0.2, -0.15) is 0 Å². The number of allylic oxidation sites excluding steroid dienone is 2. The van der Waals surface area contributed by atoms with E-state index in [-0.39, 0.29) is 11.6 Å². The van der Waals surface area contributed by atoms with Crippen molar-refractivity contribution in [3.05, 3.63) is 12.2 Å². The molecular formula is C8H10O2. The molecule has 10 heavy (non-hydrogen) atoms. The highest BCUT2D eigenvalue weighted by Crippen LogP contribution is 2.13. The van der Waals surface area contributed by atoms with E-state index < -0.39 is 5.92 Å². The lowest BCUT2D eigenvalue weighted by Crippen LogP contribution is -2.21.